The summed E-state index contributed by atoms with van der Waals surface area (Å²) in [5.41, 5.74) is 13.3. The first-order chi connectivity index (χ1) is 15.2. The van der Waals surface area contributed by atoms with Crippen LogP contribution in [0.25, 0.3) is 0 Å². The Bertz CT molecular complexity index is 908. The van der Waals surface area contributed by atoms with Gasteiger partial charge < -0.3 is 26.4 Å². The summed E-state index contributed by atoms with van der Waals surface area (Å²) in [4.78, 5) is 15.1. The van der Waals surface area contributed by atoms with Gasteiger partial charge in [0.05, 0.1) is 6.10 Å². The minimum atomic E-state index is -0.482. The van der Waals surface area contributed by atoms with Gasteiger partial charge in [0.15, 0.2) is 0 Å². The van der Waals surface area contributed by atoms with Crippen molar-refractivity contribution < 1.29 is 9.90 Å². The van der Waals surface area contributed by atoms with E-state index in [4.69, 9.17) is 5.73 Å². The number of nitrogens with zero attached hydrogens (tertiary/aromatic N) is 1. The van der Waals surface area contributed by atoms with Crippen molar-refractivity contribution in [3.8, 4) is 0 Å². The van der Waals surface area contributed by atoms with Crippen molar-refractivity contribution in [3.63, 3.8) is 0 Å². The number of benzene rings is 2. The number of rotatable bonds is 7. The van der Waals surface area contributed by atoms with Gasteiger partial charge in [0, 0.05) is 37.1 Å². The van der Waals surface area contributed by atoms with Crippen LogP contribution in [0.5, 0.6) is 0 Å². The molecule has 1 aliphatic heterocycles. The minimum Gasteiger partial charge on any atom is -0.398 e. The number of carbonyl (C=O) groups is 1. The molecule has 2 aromatic rings. The number of hydrogen-bond donors (Lipinski definition) is 4. The summed E-state index contributed by atoms with van der Waals surface area (Å²) in [6.45, 7) is 12.4. The fourth-order valence-corrected chi connectivity index (χ4v) is 4.45. The number of nitrogen functional groups attached to an aromatic ring is 1. The van der Waals surface area contributed by atoms with Crippen molar-refractivity contribution in [1.29, 1.82) is 0 Å². The molecule has 32 heavy (non-hydrogen) atoms. The van der Waals surface area contributed by atoms with E-state index in [-0.39, 0.29) is 18.0 Å². The highest BCUT2D eigenvalue weighted by molar-refractivity contribution is 5.85. The number of piperidine rings is 1. The molecule has 1 heterocycles. The molecule has 5 N–H and O–H groups in total. The van der Waals surface area contributed by atoms with Gasteiger partial charge in [0.25, 0.3) is 0 Å². The van der Waals surface area contributed by atoms with Gasteiger partial charge in [-0.3, -0.25) is 4.79 Å². The van der Waals surface area contributed by atoms with Crippen LogP contribution >= 0.6 is 0 Å². The lowest BCUT2D eigenvalue weighted by molar-refractivity contribution is -0.122. The average Bonchev–Trinajstić information content (AvgIpc) is 2.80. The van der Waals surface area contributed by atoms with Crippen LogP contribution in [-0.2, 0) is 4.79 Å². The molecular weight excluding hydrogens is 400 g/mol. The molecule has 2 atom stereocenters. The van der Waals surface area contributed by atoms with E-state index in [2.05, 4.69) is 15.5 Å². The van der Waals surface area contributed by atoms with Crippen molar-refractivity contribution in [2.45, 2.75) is 65.6 Å². The van der Waals surface area contributed by atoms with Gasteiger partial charge in [-0.05, 0) is 75.3 Å². The molecule has 6 heteroatoms. The maximum atomic E-state index is 12.9. The predicted octanol–water partition coefficient (Wildman–Crippen LogP) is 3.62. The molecule has 1 fully saturated rings. The van der Waals surface area contributed by atoms with Gasteiger partial charge in [-0.25, -0.2) is 0 Å². The fourth-order valence-electron chi connectivity index (χ4n) is 4.45. The van der Waals surface area contributed by atoms with Crippen molar-refractivity contribution in [1.82, 2.24) is 10.2 Å². The Kier molecular flexibility index (Phi) is 7.80. The van der Waals surface area contributed by atoms with Gasteiger partial charge in [-0.1, -0.05) is 30.3 Å². The molecule has 0 aliphatic carbocycles. The summed E-state index contributed by atoms with van der Waals surface area (Å²) in [5.74, 6) is 0.0127. The molecule has 2 aromatic carbocycles. The molecule has 174 valence electrons. The second kappa shape index (κ2) is 10.4. The highest BCUT2D eigenvalue weighted by Crippen LogP contribution is 2.32. The zero-order valence-electron chi connectivity index (χ0n) is 20.0. The highest BCUT2D eigenvalue weighted by Gasteiger charge is 2.25. The Morgan fingerprint density at radius 3 is 2.19 bits per heavy atom. The molecule has 6 nitrogen and oxygen atoms in total. The third-order valence-electron chi connectivity index (χ3n) is 6.99. The number of β-amino-alcohol motifs (C(OH)–C–C–N with tert-alkyl or cyclic N) is 1. The Labute approximate surface area is 192 Å². The van der Waals surface area contributed by atoms with E-state index in [0.717, 1.165) is 65.1 Å². The van der Waals surface area contributed by atoms with E-state index in [1.165, 1.54) is 0 Å². The van der Waals surface area contributed by atoms with Gasteiger partial charge in [0.1, 0.15) is 6.04 Å². The Balaban J connectivity index is 1.51. The van der Waals surface area contributed by atoms with Gasteiger partial charge >= 0.3 is 0 Å². The first-order valence-electron chi connectivity index (χ1n) is 11.6. The van der Waals surface area contributed by atoms with Crippen LogP contribution in [-0.4, -0.2) is 47.6 Å². The zero-order valence-corrected chi connectivity index (χ0v) is 20.0. The molecule has 0 saturated carbocycles. The monoisotopic (exact) mass is 438 g/mol. The quantitative estimate of drug-likeness (QED) is 0.496. The van der Waals surface area contributed by atoms with Crippen LogP contribution in [0.2, 0.25) is 0 Å². The normalized spacial score (nSPS) is 17.1. The molecule has 1 amide bonds. The SMILES string of the molecule is Cc1c(C)c(NC(C)C(=O)NC2CCN(CC(O)c3ccccc3)CC2)c(C)c(C)c1N. The van der Waals surface area contributed by atoms with E-state index >= 15 is 0 Å². The maximum absolute atomic E-state index is 12.9. The largest absolute Gasteiger partial charge is 0.398 e. The van der Waals surface area contributed by atoms with Crippen LogP contribution in [0.15, 0.2) is 30.3 Å². The lowest BCUT2D eigenvalue weighted by Crippen LogP contribution is -2.49. The second-order valence-corrected chi connectivity index (χ2v) is 9.16. The Morgan fingerprint density at radius 2 is 1.62 bits per heavy atom. The Hall–Kier alpha value is -2.57. The van der Waals surface area contributed by atoms with Crippen LogP contribution in [0.3, 0.4) is 0 Å². The lowest BCUT2D eigenvalue weighted by Gasteiger charge is -2.34. The van der Waals surface area contributed by atoms with E-state index in [1.807, 2.05) is 65.0 Å². The summed E-state index contributed by atoms with van der Waals surface area (Å²) in [7, 11) is 0. The first-order valence-corrected chi connectivity index (χ1v) is 11.6. The number of nitrogens with two attached hydrogens (primary N) is 1. The summed E-state index contributed by atoms with van der Waals surface area (Å²) in [6, 6.07) is 9.59. The summed E-state index contributed by atoms with van der Waals surface area (Å²) in [6.07, 6.45) is 1.29. The lowest BCUT2D eigenvalue weighted by atomic mass is 9.95. The van der Waals surface area contributed by atoms with Crippen LogP contribution < -0.4 is 16.4 Å². The number of amides is 1. The molecule has 0 spiro atoms. The van der Waals surface area contributed by atoms with E-state index in [0.29, 0.717) is 6.54 Å². The van der Waals surface area contributed by atoms with Crippen molar-refractivity contribution in [3.05, 3.63) is 58.1 Å². The standard InChI is InChI=1S/C26H38N4O2/c1-16-18(3)25(19(4)17(2)24(16)27)28-20(5)26(32)29-22-11-13-30(14-12-22)15-23(31)21-9-7-6-8-10-21/h6-10,20,22-23,28,31H,11-15,27H2,1-5H3,(H,29,32). The molecule has 1 saturated heterocycles. The van der Waals surface area contributed by atoms with E-state index in [1.54, 1.807) is 0 Å². The molecule has 1 aliphatic rings. The number of hydrogen-bond acceptors (Lipinski definition) is 5. The van der Waals surface area contributed by atoms with Crippen molar-refractivity contribution >= 4 is 17.3 Å². The third kappa shape index (κ3) is 5.43. The number of aliphatic hydroxyl groups is 1. The zero-order chi connectivity index (χ0) is 23.4. The molecular formula is C26H38N4O2. The number of likely N-dealkylation sites (tertiary alicyclic amines) is 1. The van der Waals surface area contributed by atoms with Crippen LogP contribution in [0.4, 0.5) is 11.4 Å². The van der Waals surface area contributed by atoms with Gasteiger partial charge in [0.2, 0.25) is 5.91 Å². The topological polar surface area (TPSA) is 90.6 Å². The van der Waals surface area contributed by atoms with Gasteiger partial charge in [-0.2, -0.15) is 0 Å². The molecule has 0 aromatic heterocycles. The minimum absolute atomic E-state index is 0.0127. The Morgan fingerprint density at radius 1 is 1.06 bits per heavy atom. The van der Waals surface area contributed by atoms with Crippen LogP contribution in [0, 0.1) is 27.7 Å². The number of carbonyl (C=O) groups excluding carboxylic acids is 1. The van der Waals surface area contributed by atoms with E-state index in [9.17, 15) is 9.90 Å². The van der Waals surface area contributed by atoms with E-state index < -0.39 is 6.10 Å². The summed E-state index contributed by atoms with van der Waals surface area (Å²) < 4.78 is 0. The number of aliphatic hydroxyl groups excluding tert-OH is 1. The van der Waals surface area contributed by atoms with Crippen molar-refractivity contribution in [2.24, 2.45) is 0 Å². The molecule has 0 bridgehead atoms. The highest BCUT2D eigenvalue weighted by atomic mass is 16.3. The van der Waals surface area contributed by atoms with Crippen molar-refractivity contribution in [2.75, 3.05) is 30.7 Å². The maximum Gasteiger partial charge on any atom is 0.242 e. The summed E-state index contributed by atoms with van der Waals surface area (Å²) >= 11 is 0. The molecule has 2 unspecified atom stereocenters. The molecule has 3 rings (SSSR count). The fraction of sp³-hybridized carbons (Fsp3) is 0.500. The predicted molar refractivity (Wildman–Crippen MR) is 132 cm³/mol. The first kappa shape index (κ1) is 24.1. The molecule has 0 radical (unpaired) electrons. The third-order valence-corrected chi connectivity index (χ3v) is 6.99. The van der Waals surface area contributed by atoms with Gasteiger partial charge in [-0.15, -0.1) is 0 Å². The second-order valence-electron chi connectivity index (χ2n) is 9.16. The smallest absolute Gasteiger partial charge is 0.242 e. The average molecular weight is 439 g/mol. The number of anilines is 2. The van der Waals surface area contributed by atoms with Crippen LogP contribution in [0.1, 0.15) is 53.7 Å². The summed E-state index contributed by atoms with van der Waals surface area (Å²) in [5, 5.41) is 17.1. The number of nitrogens with one attached hydrogen (secondary N) is 2.